The number of ether oxygens (including phenoxy) is 1. The lowest BCUT2D eigenvalue weighted by Crippen LogP contribution is -2.33. The fourth-order valence-corrected chi connectivity index (χ4v) is 4.30. The van der Waals surface area contributed by atoms with Crippen LogP contribution in [0.4, 0.5) is 10.1 Å². The molecule has 32 heavy (non-hydrogen) atoms. The summed E-state index contributed by atoms with van der Waals surface area (Å²) in [5, 5.41) is 3.14. The lowest BCUT2D eigenvalue weighted by atomic mass is 9.95. The number of rotatable bonds is 6. The molecule has 2 aromatic carbocycles. The van der Waals surface area contributed by atoms with E-state index in [1.54, 1.807) is 6.07 Å². The van der Waals surface area contributed by atoms with Gasteiger partial charge in [0.1, 0.15) is 5.82 Å². The molecule has 0 fully saturated rings. The highest BCUT2D eigenvalue weighted by molar-refractivity contribution is 9.10. The molecule has 0 saturated heterocycles. The van der Waals surface area contributed by atoms with Gasteiger partial charge in [-0.05, 0) is 37.2 Å². The second-order valence-corrected chi connectivity index (χ2v) is 8.62. The predicted octanol–water partition coefficient (Wildman–Crippen LogP) is 4.70. The lowest BCUT2D eigenvalue weighted by molar-refractivity contribution is -0.119. The molecule has 3 aromatic rings. The minimum Gasteiger partial charge on any atom is -0.452 e. The SMILES string of the molecule is CCCN1CCc2nc3ccccc3c(C(=O)OCC(=O)Nc3ccc(Br)cc3F)c2C1. The molecule has 0 radical (unpaired) electrons. The Labute approximate surface area is 193 Å². The van der Waals surface area contributed by atoms with Gasteiger partial charge in [-0.25, -0.2) is 9.18 Å². The zero-order valence-electron chi connectivity index (χ0n) is 17.7. The smallest absolute Gasteiger partial charge is 0.339 e. The number of aromatic nitrogens is 1. The number of hydrogen-bond donors (Lipinski definition) is 1. The average Bonchev–Trinajstić information content (AvgIpc) is 2.78. The number of carbonyl (C=O) groups is 2. The maximum atomic E-state index is 14.0. The number of nitrogens with zero attached hydrogens (tertiary/aromatic N) is 2. The summed E-state index contributed by atoms with van der Waals surface area (Å²) in [6.07, 6.45) is 1.77. The fraction of sp³-hybridized carbons (Fsp3) is 0.292. The van der Waals surface area contributed by atoms with Crippen LogP contribution in [-0.4, -0.2) is 41.5 Å². The summed E-state index contributed by atoms with van der Waals surface area (Å²) in [7, 11) is 0. The van der Waals surface area contributed by atoms with Crippen LogP contribution < -0.4 is 5.32 Å². The van der Waals surface area contributed by atoms with Crippen molar-refractivity contribution >= 4 is 44.4 Å². The van der Waals surface area contributed by atoms with Gasteiger partial charge < -0.3 is 10.1 Å². The number of pyridine rings is 1. The van der Waals surface area contributed by atoms with Crippen LogP contribution in [0.5, 0.6) is 0 Å². The molecule has 0 bridgehead atoms. The molecule has 2 heterocycles. The number of carbonyl (C=O) groups excluding carboxylic acids is 2. The van der Waals surface area contributed by atoms with Gasteiger partial charge in [0.15, 0.2) is 6.61 Å². The van der Waals surface area contributed by atoms with Crippen molar-refractivity contribution < 1.29 is 18.7 Å². The third kappa shape index (κ3) is 4.81. The highest BCUT2D eigenvalue weighted by atomic mass is 79.9. The molecule has 6 nitrogen and oxygen atoms in total. The first-order valence-electron chi connectivity index (χ1n) is 10.5. The number of benzene rings is 2. The van der Waals surface area contributed by atoms with Crippen molar-refractivity contribution in [3.05, 3.63) is 69.6 Å². The number of halogens is 2. The summed E-state index contributed by atoms with van der Waals surface area (Å²) < 4.78 is 19.9. The fourth-order valence-electron chi connectivity index (χ4n) is 3.97. The van der Waals surface area contributed by atoms with Gasteiger partial charge in [0.25, 0.3) is 5.91 Å². The van der Waals surface area contributed by atoms with Gasteiger partial charge in [0, 0.05) is 40.6 Å². The van der Waals surface area contributed by atoms with Crippen molar-refractivity contribution in [2.24, 2.45) is 0 Å². The molecule has 0 unspecified atom stereocenters. The average molecular weight is 500 g/mol. The molecule has 1 aliphatic heterocycles. The van der Waals surface area contributed by atoms with Crippen LogP contribution >= 0.6 is 15.9 Å². The van der Waals surface area contributed by atoms with E-state index in [1.807, 2.05) is 24.3 Å². The Morgan fingerprint density at radius 2 is 2.06 bits per heavy atom. The van der Waals surface area contributed by atoms with E-state index in [9.17, 15) is 14.0 Å². The highest BCUT2D eigenvalue weighted by Crippen LogP contribution is 2.29. The summed E-state index contributed by atoms with van der Waals surface area (Å²) in [5.74, 6) is -1.77. The molecule has 0 saturated carbocycles. The number of anilines is 1. The molecule has 1 aliphatic rings. The molecule has 166 valence electrons. The molecule has 1 amide bonds. The lowest BCUT2D eigenvalue weighted by Gasteiger charge is -2.29. The minimum absolute atomic E-state index is 0.0243. The van der Waals surface area contributed by atoms with Gasteiger partial charge in [-0.1, -0.05) is 41.1 Å². The zero-order chi connectivity index (χ0) is 22.7. The topological polar surface area (TPSA) is 71.5 Å². The Bertz CT molecular complexity index is 1180. The Morgan fingerprint density at radius 1 is 1.25 bits per heavy atom. The first-order chi connectivity index (χ1) is 15.5. The van der Waals surface area contributed by atoms with Crippen molar-refractivity contribution in [2.75, 3.05) is 25.0 Å². The quantitative estimate of drug-likeness (QED) is 0.497. The van der Waals surface area contributed by atoms with Crippen molar-refractivity contribution in [2.45, 2.75) is 26.3 Å². The Balaban J connectivity index is 1.56. The first-order valence-corrected chi connectivity index (χ1v) is 11.3. The molecule has 0 aliphatic carbocycles. The van der Waals surface area contributed by atoms with Crippen molar-refractivity contribution in [3.8, 4) is 0 Å². The van der Waals surface area contributed by atoms with Gasteiger partial charge in [0.2, 0.25) is 0 Å². The molecule has 0 atom stereocenters. The molecular formula is C24H23BrFN3O3. The van der Waals surface area contributed by atoms with Crippen LogP contribution in [0.15, 0.2) is 46.9 Å². The molecule has 8 heteroatoms. The summed E-state index contributed by atoms with van der Waals surface area (Å²) >= 11 is 3.17. The van der Waals surface area contributed by atoms with Gasteiger partial charge in [-0.3, -0.25) is 14.7 Å². The maximum absolute atomic E-state index is 14.0. The summed E-state index contributed by atoms with van der Waals surface area (Å²) in [6, 6.07) is 11.7. The largest absolute Gasteiger partial charge is 0.452 e. The number of para-hydroxylation sites is 1. The molecule has 1 aromatic heterocycles. The second-order valence-electron chi connectivity index (χ2n) is 7.70. The predicted molar refractivity (Wildman–Crippen MR) is 124 cm³/mol. The minimum atomic E-state index is -0.612. The van der Waals surface area contributed by atoms with Crippen LogP contribution in [0.2, 0.25) is 0 Å². The van der Waals surface area contributed by atoms with Crippen LogP contribution in [0.3, 0.4) is 0 Å². The van der Waals surface area contributed by atoms with E-state index < -0.39 is 24.3 Å². The van der Waals surface area contributed by atoms with Crippen LogP contribution in [-0.2, 0) is 22.5 Å². The summed E-state index contributed by atoms with van der Waals surface area (Å²) in [6.45, 7) is 4.04. The van der Waals surface area contributed by atoms with Crippen LogP contribution in [0.1, 0.15) is 35.0 Å². The molecular weight excluding hydrogens is 477 g/mol. The Kier molecular flexibility index (Phi) is 6.81. The summed E-state index contributed by atoms with van der Waals surface area (Å²) in [4.78, 5) is 32.5. The van der Waals surface area contributed by atoms with Crippen molar-refractivity contribution in [1.82, 2.24) is 9.88 Å². The van der Waals surface area contributed by atoms with Gasteiger partial charge in [0.05, 0.1) is 16.8 Å². The maximum Gasteiger partial charge on any atom is 0.339 e. The second kappa shape index (κ2) is 9.75. The highest BCUT2D eigenvalue weighted by Gasteiger charge is 2.26. The van der Waals surface area contributed by atoms with Gasteiger partial charge in [-0.15, -0.1) is 0 Å². The Morgan fingerprint density at radius 3 is 2.84 bits per heavy atom. The van der Waals surface area contributed by atoms with E-state index in [1.165, 1.54) is 12.1 Å². The number of esters is 1. The first kappa shape index (κ1) is 22.4. The van der Waals surface area contributed by atoms with Gasteiger partial charge >= 0.3 is 5.97 Å². The van der Waals surface area contributed by atoms with E-state index in [-0.39, 0.29) is 5.69 Å². The van der Waals surface area contributed by atoms with E-state index in [0.29, 0.717) is 22.0 Å². The summed E-state index contributed by atoms with van der Waals surface area (Å²) in [5.41, 5.74) is 2.95. The molecule has 1 N–H and O–H groups in total. The number of fused-ring (bicyclic) bond motifs is 2. The van der Waals surface area contributed by atoms with Crippen molar-refractivity contribution in [1.29, 1.82) is 0 Å². The van der Waals surface area contributed by atoms with E-state index in [2.05, 4.69) is 33.1 Å². The number of nitrogens with one attached hydrogen (secondary N) is 1. The Hall–Kier alpha value is -2.84. The van der Waals surface area contributed by atoms with E-state index in [4.69, 9.17) is 9.72 Å². The van der Waals surface area contributed by atoms with Crippen LogP contribution in [0.25, 0.3) is 10.9 Å². The molecule has 0 spiro atoms. The third-order valence-corrected chi connectivity index (χ3v) is 5.90. The molecule has 4 rings (SSSR count). The van der Waals surface area contributed by atoms with Crippen molar-refractivity contribution in [3.63, 3.8) is 0 Å². The van der Waals surface area contributed by atoms with E-state index in [0.717, 1.165) is 42.7 Å². The zero-order valence-corrected chi connectivity index (χ0v) is 19.2. The normalized spacial score (nSPS) is 13.6. The standard InChI is InChI=1S/C24H23BrFN3O3/c1-2-10-29-11-9-20-17(13-29)23(16-5-3-4-6-19(16)27-20)24(31)32-14-22(30)28-21-8-7-15(25)12-18(21)26/h3-8,12H,2,9-11,13-14H2,1H3,(H,28,30). The van der Waals surface area contributed by atoms with Crippen LogP contribution in [0, 0.1) is 5.82 Å². The number of hydrogen-bond acceptors (Lipinski definition) is 5. The van der Waals surface area contributed by atoms with E-state index >= 15 is 0 Å². The third-order valence-electron chi connectivity index (χ3n) is 5.41. The monoisotopic (exact) mass is 499 g/mol. The number of amides is 1. The van der Waals surface area contributed by atoms with Gasteiger partial charge in [-0.2, -0.15) is 0 Å².